The molecule has 5 heteroatoms. The molecule has 0 heterocycles. The highest BCUT2D eigenvalue weighted by atomic mass is 16.5. The summed E-state index contributed by atoms with van der Waals surface area (Å²) in [6.07, 6.45) is 0. The van der Waals surface area contributed by atoms with E-state index in [1.54, 1.807) is 7.11 Å². The minimum Gasteiger partial charge on any atom is -0.493 e. The molecule has 0 aliphatic heterocycles. The average molecular weight is 342 g/mol. The van der Waals surface area contributed by atoms with Gasteiger partial charge >= 0.3 is 0 Å². The zero-order valence-electron chi connectivity index (χ0n) is 15.3. The van der Waals surface area contributed by atoms with Crippen LogP contribution in [0.25, 0.3) is 0 Å². The summed E-state index contributed by atoms with van der Waals surface area (Å²) in [5, 5.41) is 2.93. The largest absolute Gasteiger partial charge is 0.493 e. The maximum Gasteiger partial charge on any atom is 0.241 e. The monoisotopic (exact) mass is 342 g/mol. The number of nitrogens with zero attached hydrogens (tertiary/aromatic N) is 1. The highest BCUT2D eigenvalue weighted by molar-refractivity contribution is 5.94. The Kier molecular flexibility index (Phi) is 6.83. The van der Waals surface area contributed by atoms with Crippen molar-refractivity contribution in [1.82, 2.24) is 4.90 Å². The van der Waals surface area contributed by atoms with Crippen molar-refractivity contribution in [3.05, 3.63) is 54.1 Å². The molecule has 25 heavy (non-hydrogen) atoms. The summed E-state index contributed by atoms with van der Waals surface area (Å²) < 4.78 is 10.9. The number of amides is 1. The number of para-hydroxylation sites is 1. The van der Waals surface area contributed by atoms with Crippen molar-refractivity contribution in [2.75, 3.05) is 26.1 Å². The minimum atomic E-state index is -0.266. The normalized spacial score (nSPS) is 11.9. The lowest BCUT2D eigenvalue weighted by atomic mass is 10.1. The molecule has 0 fully saturated rings. The van der Waals surface area contributed by atoms with Gasteiger partial charge in [-0.15, -0.1) is 0 Å². The molecule has 0 bridgehead atoms. The van der Waals surface area contributed by atoms with Crippen LogP contribution in [0.5, 0.6) is 11.5 Å². The van der Waals surface area contributed by atoms with Gasteiger partial charge < -0.3 is 14.8 Å². The van der Waals surface area contributed by atoms with E-state index in [0.717, 1.165) is 17.0 Å². The first-order valence-corrected chi connectivity index (χ1v) is 8.41. The van der Waals surface area contributed by atoms with Gasteiger partial charge in [0.05, 0.1) is 19.8 Å². The van der Waals surface area contributed by atoms with Gasteiger partial charge in [-0.3, -0.25) is 9.69 Å². The van der Waals surface area contributed by atoms with E-state index in [2.05, 4.69) is 5.32 Å². The fourth-order valence-corrected chi connectivity index (χ4v) is 2.48. The zero-order chi connectivity index (χ0) is 18.2. The number of methoxy groups -OCH3 is 1. The molecule has 0 aromatic heterocycles. The predicted octanol–water partition coefficient (Wildman–Crippen LogP) is 3.55. The molecular weight excluding hydrogens is 316 g/mol. The van der Waals surface area contributed by atoms with E-state index in [0.29, 0.717) is 18.9 Å². The SMILES string of the molecule is CCOc1ccc(CN(C)C(C)C(=O)Nc2ccccc2)cc1OC. The number of likely N-dealkylation sites (N-methyl/N-ethyl adjacent to an activating group) is 1. The first-order chi connectivity index (χ1) is 12.0. The molecule has 134 valence electrons. The second kappa shape index (κ2) is 9.08. The van der Waals surface area contributed by atoms with Crippen molar-refractivity contribution >= 4 is 11.6 Å². The summed E-state index contributed by atoms with van der Waals surface area (Å²) in [6.45, 7) is 5.05. The van der Waals surface area contributed by atoms with Crippen LogP contribution in [0.1, 0.15) is 19.4 Å². The zero-order valence-corrected chi connectivity index (χ0v) is 15.3. The van der Waals surface area contributed by atoms with Crippen molar-refractivity contribution < 1.29 is 14.3 Å². The summed E-state index contributed by atoms with van der Waals surface area (Å²) >= 11 is 0. The molecule has 0 aliphatic rings. The van der Waals surface area contributed by atoms with Crippen LogP contribution in [0.2, 0.25) is 0 Å². The van der Waals surface area contributed by atoms with Crippen LogP contribution in [-0.2, 0) is 11.3 Å². The summed E-state index contributed by atoms with van der Waals surface area (Å²) in [5.74, 6) is 1.40. The van der Waals surface area contributed by atoms with Crippen molar-refractivity contribution in [3.8, 4) is 11.5 Å². The van der Waals surface area contributed by atoms with Gasteiger partial charge in [-0.1, -0.05) is 24.3 Å². The van der Waals surface area contributed by atoms with E-state index in [4.69, 9.17) is 9.47 Å². The van der Waals surface area contributed by atoms with Crippen LogP contribution < -0.4 is 14.8 Å². The summed E-state index contributed by atoms with van der Waals surface area (Å²) in [6, 6.07) is 15.0. The summed E-state index contributed by atoms with van der Waals surface area (Å²) in [5.41, 5.74) is 1.86. The second-order valence-electron chi connectivity index (χ2n) is 5.86. The molecule has 5 nitrogen and oxygen atoms in total. The van der Waals surface area contributed by atoms with Gasteiger partial charge in [0.25, 0.3) is 0 Å². The maximum absolute atomic E-state index is 12.4. The number of carbonyl (C=O) groups is 1. The van der Waals surface area contributed by atoms with E-state index >= 15 is 0 Å². The van der Waals surface area contributed by atoms with Crippen LogP contribution in [-0.4, -0.2) is 37.6 Å². The van der Waals surface area contributed by atoms with Gasteiger partial charge in [0.15, 0.2) is 11.5 Å². The first kappa shape index (κ1) is 18.8. The van der Waals surface area contributed by atoms with Gasteiger partial charge in [-0.25, -0.2) is 0 Å². The van der Waals surface area contributed by atoms with Crippen LogP contribution in [0.15, 0.2) is 48.5 Å². The number of benzene rings is 2. The maximum atomic E-state index is 12.4. The number of hydrogen-bond donors (Lipinski definition) is 1. The molecule has 0 radical (unpaired) electrons. The fraction of sp³-hybridized carbons (Fsp3) is 0.350. The number of nitrogens with one attached hydrogen (secondary N) is 1. The van der Waals surface area contributed by atoms with Crippen LogP contribution >= 0.6 is 0 Å². The Morgan fingerprint density at radius 3 is 2.52 bits per heavy atom. The van der Waals surface area contributed by atoms with Crippen molar-refractivity contribution in [3.63, 3.8) is 0 Å². The second-order valence-corrected chi connectivity index (χ2v) is 5.86. The number of anilines is 1. The molecule has 2 aromatic rings. The lowest BCUT2D eigenvalue weighted by Gasteiger charge is -2.24. The van der Waals surface area contributed by atoms with Gasteiger partial charge in [-0.05, 0) is 50.7 Å². The molecule has 0 aliphatic carbocycles. The van der Waals surface area contributed by atoms with E-state index in [9.17, 15) is 4.79 Å². The van der Waals surface area contributed by atoms with E-state index in [-0.39, 0.29) is 11.9 Å². The third kappa shape index (κ3) is 5.22. The highest BCUT2D eigenvalue weighted by Gasteiger charge is 2.19. The van der Waals surface area contributed by atoms with E-state index in [1.165, 1.54) is 0 Å². The molecule has 1 N–H and O–H groups in total. The van der Waals surface area contributed by atoms with E-state index in [1.807, 2.05) is 74.3 Å². The highest BCUT2D eigenvalue weighted by Crippen LogP contribution is 2.28. The molecule has 0 saturated carbocycles. The van der Waals surface area contributed by atoms with Crippen molar-refractivity contribution in [2.24, 2.45) is 0 Å². The molecule has 1 amide bonds. The summed E-state index contributed by atoms with van der Waals surface area (Å²) in [4.78, 5) is 14.4. The average Bonchev–Trinajstić information content (AvgIpc) is 2.63. The summed E-state index contributed by atoms with van der Waals surface area (Å²) in [7, 11) is 3.56. The molecule has 2 rings (SSSR count). The lowest BCUT2D eigenvalue weighted by Crippen LogP contribution is -2.39. The predicted molar refractivity (Wildman–Crippen MR) is 100 cm³/mol. The standard InChI is InChI=1S/C20H26N2O3/c1-5-25-18-12-11-16(13-19(18)24-4)14-22(3)15(2)20(23)21-17-9-7-6-8-10-17/h6-13,15H,5,14H2,1-4H3,(H,21,23). The lowest BCUT2D eigenvalue weighted by molar-refractivity contribution is -0.120. The van der Waals surface area contributed by atoms with Crippen LogP contribution in [0, 0.1) is 0 Å². The van der Waals surface area contributed by atoms with Crippen LogP contribution in [0.4, 0.5) is 5.69 Å². The number of hydrogen-bond acceptors (Lipinski definition) is 4. The molecule has 1 atom stereocenters. The third-order valence-electron chi connectivity index (χ3n) is 4.04. The Balaban J connectivity index is 2.00. The van der Waals surface area contributed by atoms with Gasteiger partial charge in [-0.2, -0.15) is 0 Å². The first-order valence-electron chi connectivity index (χ1n) is 8.41. The molecule has 0 spiro atoms. The Labute approximate surface area is 149 Å². The van der Waals surface area contributed by atoms with Crippen molar-refractivity contribution in [1.29, 1.82) is 0 Å². The third-order valence-corrected chi connectivity index (χ3v) is 4.04. The number of carbonyl (C=O) groups excluding carboxylic acids is 1. The number of rotatable bonds is 8. The molecular formula is C20H26N2O3. The smallest absolute Gasteiger partial charge is 0.241 e. The van der Waals surface area contributed by atoms with Gasteiger partial charge in [0.1, 0.15) is 0 Å². The van der Waals surface area contributed by atoms with Crippen LogP contribution in [0.3, 0.4) is 0 Å². The molecule has 2 aromatic carbocycles. The minimum absolute atomic E-state index is 0.0356. The molecule has 1 unspecified atom stereocenters. The van der Waals surface area contributed by atoms with Gasteiger partial charge in [0.2, 0.25) is 5.91 Å². The van der Waals surface area contributed by atoms with E-state index < -0.39 is 0 Å². The Bertz CT molecular complexity index is 689. The quantitative estimate of drug-likeness (QED) is 0.797. The van der Waals surface area contributed by atoms with Gasteiger partial charge in [0, 0.05) is 12.2 Å². The Morgan fingerprint density at radius 2 is 1.88 bits per heavy atom. The van der Waals surface area contributed by atoms with Crippen molar-refractivity contribution in [2.45, 2.75) is 26.4 Å². The fourth-order valence-electron chi connectivity index (χ4n) is 2.48. The molecule has 0 saturated heterocycles. The Morgan fingerprint density at radius 1 is 1.16 bits per heavy atom. The Hall–Kier alpha value is -2.53. The number of ether oxygens (including phenoxy) is 2. The topological polar surface area (TPSA) is 50.8 Å².